The molecule has 0 aliphatic heterocycles. The molecule has 25 heavy (non-hydrogen) atoms. The van der Waals surface area contributed by atoms with E-state index >= 15 is 0 Å². The summed E-state index contributed by atoms with van der Waals surface area (Å²) < 4.78 is 31.0. The van der Waals surface area contributed by atoms with Crippen LogP contribution in [0.2, 0.25) is 0 Å². The van der Waals surface area contributed by atoms with Gasteiger partial charge in [0.1, 0.15) is 5.75 Å². The number of guanidine groups is 1. The second-order valence-electron chi connectivity index (χ2n) is 6.40. The van der Waals surface area contributed by atoms with E-state index in [0.717, 1.165) is 25.0 Å². The summed E-state index contributed by atoms with van der Waals surface area (Å²) in [5.41, 5.74) is -0.646. The first-order valence-electron chi connectivity index (χ1n) is 8.41. The molecule has 7 nitrogen and oxygen atoms in total. The van der Waals surface area contributed by atoms with Crippen molar-refractivity contribution >= 4 is 16.0 Å². The first-order chi connectivity index (χ1) is 11.7. The summed E-state index contributed by atoms with van der Waals surface area (Å²) in [5.74, 6) is 1.52. The van der Waals surface area contributed by atoms with Crippen LogP contribution in [-0.4, -0.2) is 52.4 Å². The zero-order valence-electron chi connectivity index (χ0n) is 15.5. The van der Waals surface area contributed by atoms with Crippen molar-refractivity contribution in [3.05, 3.63) is 30.3 Å². The molecule has 142 valence electrons. The predicted molar refractivity (Wildman–Crippen MR) is 103 cm³/mol. The molecule has 0 atom stereocenters. The van der Waals surface area contributed by atoms with Crippen LogP contribution >= 0.6 is 0 Å². The van der Waals surface area contributed by atoms with Crippen molar-refractivity contribution in [2.45, 2.75) is 32.7 Å². The van der Waals surface area contributed by atoms with E-state index in [4.69, 9.17) is 4.74 Å². The van der Waals surface area contributed by atoms with E-state index < -0.39 is 15.6 Å². The van der Waals surface area contributed by atoms with Crippen LogP contribution < -0.4 is 20.1 Å². The molecule has 0 radical (unpaired) electrons. The van der Waals surface area contributed by atoms with Gasteiger partial charge in [0.15, 0.2) is 5.96 Å². The number of ether oxygens (including phenoxy) is 1. The molecule has 1 rings (SSSR count). The third-order valence-corrected chi connectivity index (χ3v) is 3.99. The third-order valence-electron chi connectivity index (χ3n) is 3.06. The molecule has 0 heterocycles. The van der Waals surface area contributed by atoms with Gasteiger partial charge in [0.2, 0.25) is 10.0 Å². The average molecular weight is 371 g/mol. The number of hydrogen-bond acceptors (Lipinski definition) is 4. The van der Waals surface area contributed by atoms with Crippen molar-refractivity contribution in [3.63, 3.8) is 0 Å². The Labute approximate surface area is 151 Å². The van der Waals surface area contributed by atoms with Gasteiger partial charge >= 0.3 is 0 Å². The zero-order chi connectivity index (χ0) is 18.8. The lowest BCUT2D eigenvalue weighted by Crippen LogP contribution is -2.46. The van der Waals surface area contributed by atoms with Crippen LogP contribution in [0.15, 0.2) is 35.3 Å². The van der Waals surface area contributed by atoms with Gasteiger partial charge < -0.3 is 15.4 Å². The Bertz CT molecular complexity index is 631. The van der Waals surface area contributed by atoms with E-state index in [9.17, 15) is 8.42 Å². The third kappa shape index (κ3) is 10.6. The normalized spacial score (nSPS) is 12.7. The minimum atomic E-state index is -3.27. The predicted octanol–water partition coefficient (Wildman–Crippen LogP) is 1.34. The topological polar surface area (TPSA) is 91.8 Å². The first-order valence-corrected chi connectivity index (χ1v) is 10.3. The molecular weight excluding hydrogens is 340 g/mol. The van der Waals surface area contributed by atoms with Gasteiger partial charge in [-0.25, -0.2) is 13.1 Å². The highest BCUT2D eigenvalue weighted by Crippen LogP contribution is 2.08. The molecular formula is C17H30N4O3S. The van der Waals surface area contributed by atoms with Crippen molar-refractivity contribution in [1.82, 2.24) is 15.4 Å². The molecule has 0 amide bonds. The van der Waals surface area contributed by atoms with E-state index in [-0.39, 0.29) is 0 Å². The molecule has 1 aromatic carbocycles. The van der Waals surface area contributed by atoms with Gasteiger partial charge in [-0.2, -0.15) is 0 Å². The lowest BCUT2D eigenvalue weighted by Gasteiger charge is -2.23. The van der Waals surface area contributed by atoms with Crippen molar-refractivity contribution in [1.29, 1.82) is 0 Å². The largest absolute Gasteiger partial charge is 0.494 e. The Hall–Kier alpha value is -1.80. The highest BCUT2D eigenvalue weighted by molar-refractivity contribution is 7.88. The van der Waals surface area contributed by atoms with Gasteiger partial charge in [-0.1, -0.05) is 18.2 Å². The van der Waals surface area contributed by atoms with E-state index in [0.29, 0.717) is 25.7 Å². The highest BCUT2D eigenvalue weighted by Gasteiger charge is 2.21. The van der Waals surface area contributed by atoms with Gasteiger partial charge in [0, 0.05) is 18.6 Å². The van der Waals surface area contributed by atoms with Gasteiger partial charge in [-0.15, -0.1) is 0 Å². The second kappa shape index (κ2) is 10.2. The Morgan fingerprint density at radius 1 is 1.20 bits per heavy atom. The first kappa shape index (κ1) is 21.2. The summed E-state index contributed by atoms with van der Waals surface area (Å²) in [4.78, 5) is 4.45. The van der Waals surface area contributed by atoms with Crippen LogP contribution in [0, 0.1) is 0 Å². The van der Waals surface area contributed by atoms with Crippen LogP contribution in [0.1, 0.15) is 27.2 Å². The molecule has 0 aromatic heterocycles. The Morgan fingerprint density at radius 2 is 1.88 bits per heavy atom. The monoisotopic (exact) mass is 370 g/mol. The van der Waals surface area contributed by atoms with E-state index in [1.54, 1.807) is 13.8 Å². The zero-order valence-corrected chi connectivity index (χ0v) is 16.3. The van der Waals surface area contributed by atoms with Crippen LogP contribution in [0.3, 0.4) is 0 Å². The molecule has 0 saturated heterocycles. The number of aliphatic imine (C=N–C) groups is 1. The number of rotatable bonds is 10. The van der Waals surface area contributed by atoms with Gasteiger partial charge in [-0.3, -0.25) is 4.99 Å². The van der Waals surface area contributed by atoms with E-state index in [2.05, 4.69) is 20.3 Å². The number of benzene rings is 1. The van der Waals surface area contributed by atoms with Crippen molar-refractivity contribution in [2.75, 3.05) is 32.5 Å². The van der Waals surface area contributed by atoms with Crippen LogP contribution in [0.4, 0.5) is 0 Å². The number of nitrogens with zero attached hydrogens (tertiary/aromatic N) is 1. The van der Waals surface area contributed by atoms with Crippen molar-refractivity contribution < 1.29 is 13.2 Å². The Morgan fingerprint density at radius 3 is 2.48 bits per heavy atom. The van der Waals surface area contributed by atoms with Crippen LogP contribution in [0.25, 0.3) is 0 Å². The fourth-order valence-electron chi connectivity index (χ4n) is 2.14. The maximum atomic E-state index is 11.4. The summed E-state index contributed by atoms with van der Waals surface area (Å²) >= 11 is 0. The smallest absolute Gasteiger partial charge is 0.209 e. The standard InChI is InChI=1S/C17H30N4O3S/c1-5-18-16(20-14-17(2,3)21-25(4,22)23)19-12-9-13-24-15-10-7-6-8-11-15/h6-8,10-11,21H,5,9,12-14H2,1-4H3,(H2,18,19,20). The molecule has 1 aromatic rings. The number of sulfonamides is 1. The summed E-state index contributed by atoms with van der Waals surface area (Å²) in [5, 5.41) is 6.37. The lowest BCUT2D eigenvalue weighted by molar-refractivity contribution is 0.311. The summed E-state index contributed by atoms with van der Waals surface area (Å²) in [6, 6.07) is 9.69. The number of hydrogen-bond donors (Lipinski definition) is 3. The summed E-state index contributed by atoms with van der Waals surface area (Å²) in [6.45, 7) is 7.96. The molecule has 0 aliphatic rings. The molecule has 0 spiro atoms. The van der Waals surface area contributed by atoms with E-state index in [1.807, 2.05) is 37.3 Å². The Balaban J connectivity index is 2.40. The molecule has 0 bridgehead atoms. The molecule has 0 fully saturated rings. The molecule has 8 heteroatoms. The summed E-state index contributed by atoms with van der Waals surface area (Å²) in [6.07, 6.45) is 1.97. The van der Waals surface area contributed by atoms with Gasteiger partial charge in [-0.05, 0) is 39.3 Å². The van der Waals surface area contributed by atoms with E-state index in [1.165, 1.54) is 0 Å². The minimum absolute atomic E-state index is 0.329. The highest BCUT2D eigenvalue weighted by atomic mass is 32.2. The number of nitrogens with one attached hydrogen (secondary N) is 3. The minimum Gasteiger partial charge on any atom is -0.494 e. The molecule has 0 aliphatic carbocycles. The SMILES string of the molecule is CCNC(=NCC(C)(C)NS(C)(=O)=O)NCCCOc1ccccc1. The molecule has 0 unspecified atom stereocenters. The maximum Gasteiger partial charge on any atom is 0.209 e. The fraction of sp³-hybridized carbons (Fsp3) is 0.588. The Kier molecular flexibility index (Phi) is 8.71. The second-order valence-corrected chi connectivity index (χ2v) is 8.14. The quantitative estimate of drug-likeness (QED) is 0.328. The lowest BCUT2D eigenvalue weighted by atomic mass is 10.1. The summed E-state index contributed by atoms with van der Waals surface area (Å²) in [7, 11) is -3.27. The van der Waals surface area contributed by atoms with Crippen molar-refractivity contribution in [2.24, 2.45) is 4.99 Å². The average Bonchev–Trinajstić information content (AvgIpc) is 2.51. The maximum absolute atomic E-state index is 11.4. The molecule has 3 N–H and O–H groups in total. The van der Waals surface area contributed by atoms with Gasteiger partial charge in [0.05, 0.1) is 19.4 Å². The van der Waals surface area contributed by atoms with Crippen LogP contribution in [0.5, 0.6) is 5.75 Å². The molecule has 0 saturated carbocycles. The van der Waals surface area contributed by atoms with Crippen LogP contribution in [-0.2, 0) is 10.0 Å². The van der Waals surface area contributed by atoms with Gasteiger partial charge in [0.25, 0.3) is 0 Å². The van der Waals surface area contributed by atoms with Crippen molar-refractivity contribution in [3.8, 4) is 5.75 Å². The fourth-order valence-corrected chi connectivity index (χ4v) is 3.21. The number of para-hydroxylation sites is 1.